The van der Waals surface area contributed by atoms with Crippen LogP contribution in [0.2, 0.25) is 0 Å². The molecule has 1 aliphatic carbocycles. The molecule has 2 unspecified atom stereocenters. The van der Waals surface area contributed by atoms with Crippen molar-refractivity contribution in [2.45, 2.75) is 58.7 Å². The van der Waals surface area contributed by atoms with Crippen molar-refractivity contribution in [3.8, 4) is 0 Å². The summed E-state index contributed by atoms with van der Waals surface area (Å²) in [5.74, 6) is 0.840. The molecular formula is C14H28N2. The Bertz CT molecular complexity index is 279. The molecule has 0 aromatic carbocycles. The Morgan fingerprint density at radius 2 is 1.88 bits per heavy atom. The van der Waals surface area contributed by atoms with Gasteiger partial charge in [-0.15, -0.1) is 0 Å². The average Bonchev–Trinajstić information content (AvgIpc) is 2.66. The summed E-state index contributed by atoms with van der Waals surface area (Å²) in [6.07, 6.45) is 1.41. The van der Waals surface area contributed by atoms with Gasteiger partial charge in [0.15, 0.2) is 0 Å². The molecule has 0 aromatic heterocycles. The van der Waals surface area contributed by atoms with E-state index in [1.165, 1.54) is 13.0 Å². The van der Waals surface area contributed by atoms with E-state index in [9.17, 15) is 0 Å². The Hall–Kier alpha value is -0.0800. The van der Waals surface area contributed by atoms with Gasteiger partial charge in [-0.05, 0) is 59.5 Å². The summed E-state index contributed by atoms with van der Waals surface area (Å²) in [6, 6.07) is 1.57. The third kappa shape index (κ3) is 1.70. The number of nitrogens with zero attached hydrogens (tertiary/aromatic N) is 2. The molecule has 2 heteroatoms. The summed E-state index contributed by atoms with van der Waals surface area (Å²) in [7, 11) is 4.40. The van der Waals surface area contributed by atoms with Gasteiger partial charge in [0.05, 0.1) is 0 Å². The van der Waals surface area contributed by atoms with Gasteiger partial charge in [0.25, 0.3) is 0 Å². The molecule has 1 aliphatic heterocycles. The van der Waals surface area contributed by atoms with Crippen molar-refractivity contribution in [1.82, 2.24) is 9.80 Å². The lowest BCUT2D eigenvalue weighted by Crippen LogP contribution is -2.48. The van der Waals surface area contributed by atoms with Crippen molar-refractivity contribution in [2.24, 2.45) is 11.3 Å². The van der Waals surface area contributed by atoms with Gasteiger partial charge in [0.1, 0.15) is 0 Å². The molecule has 94 valence electrons. The van der Waals surface area contributed by atoms with E-state index in [4.69, 9.17) is 0 Å². The van der Waals surface area contributed by atoms with E-state index in [0.29, 0.717) is 11.0 Å². The maximum atomic E-state index is 2.77. The van der Waals surface area contributed by atoms with Crippen LogP contribution in [0.15, 0.2) is 0 Å². The maximum absolute atomic E-state index is 2.77. The van der Waals surface area contributed by atoms with Crippen molar-refractivity contribution in [3.05, 3.63) is 0 Å². The van der Waals surface area contributed by atoms with Crippen LogP contribution >= 0.6 is 0 Å². The third-order valence-corrected chi connectivity index (χ3v) is 4.77. The molecule has 1 heterocycles. The van der Waals surface area contributed by atoms with Crippen LogP contribution in [0.1, 0.15) is 41.0 Å². The Kier molecular flexibility index (Phi) is 2.67. The molecule has 0 radical (unpaired) electrons. The minimum atomic E-state index is 0.322. The second-order valence-corrected chi connectivity index (χ2v) is 7.41. The Labute approximate surface area is 101 Å². The zero-order valence-electron chi connectivity index (χ0n) is 12.0. The maximum Gasteiger partial charge on any atom is 0.0167 e. The number of piperidine rings is 1. The standard InChI is InChI=1S/C14H28N2/c1-10-11(9-15(6)7)14(5)8-12(14)16(10)13(2,3)4/h10-12H,8-9H2,1-7H3/t10-,11?,12?,14-/m1/s1. The van der Waals surface area contributed by atoms with Gasteiger partial charge in [0.2, 0.25) is 0 Å². The summed E-state index contributed by atoms with van der Waals surface area (Å²) in [4.78, 5) is 5.12. The van der Waals surface area contributed by atoms with E-state index < -0.39 is 0 Å². The van der Waals surface area contributed by atoms with Crippen LogP contribution in [0.4, 0.5) is 0 Å². The highest BCUT2D eigenvalue weighted by molar-refractivity contribution is 5.20. The van der Waals surface area contributed by atoms with Crippen LogP contribution in [0.25, 0.3) is 0 Å². The highest BCUT2D eigenvalue weighted by atomic mass is 15.3. The molecule has 16 heavy (non-hydrogen) atoms. The number of hydrogen-bond acceptors (Lipinski definition) is 2. The quantitative estimate of drug-likeness (QED) is 0.711. The normalized spacial score (nSPS) is 43.9. The minimum absolute atomic E-state index is 0.322. The molecule has 0 aromatic rings. The first-order valence-corrected chi connectivity index (χ1v) is 6.61. The topological polar surface area (TPSA) is 6.48 Å². The number of rotatable bonds is 2. The highest BCUT2D eigenvalue weighted by Crippen LogP contribution is 2.64. The number of fused-ring (bicyclic) bond motifs is 1. The predicted molar refractivity (Wildman–Crippen MR) is 69.6 cm³/mol. The van der Waals surface area contributed by atoms with Gasteiger partial charge >= 0.3 is 0 Å². The zero-order chi connectivity index (χ0) is 12.3. The van der Waals surface area contributed by atoms with Crippen LogP contribution in [0.3, 0.4) is 0 Å². The summed E-state index contributed by atoms with van der Waals surface area (Å²) in [5, 5.41) is 0. The molecule has 2 aliphatic rings. The Morgan fingerprint density at radius 1 is 1.31 bits per heavy atom. The smallest absolute Gasteiger partial charge is 0.0167 e. The van der Waals surface area contributed by atoms with Crippen molar-refractivity contribution in [1.29, 1.82) is 0 Å². The molecule has 0 amide bonds. The monoisotopic (exact) mass is 224 g/mol. The van der Waals surface area contributed by atoms with Crippen LogP contribution in [0.5, 0.6) is 0 Å². The van der Waals surface area contributed by atoms with Gasteiger partial charge in [0, 0.05) is 24.2 Å². The van der Waals surface area contributed by atoms with E-state index >= 15 is 0 Å². The van der Waals surface area contributed by atoms with Crippen molar-refractivity contribution >= 4 is 0 Å². The minimum Gasteiger partial charge on any atom is -0.309 e. The van der Waals surface area contributed by atoms with Crippen LogP contribution in [-0.2, 0) is 0 Å². The third-order valence-electron chi connectivity index (χ3n) is 4.77. The first-order chi connectivity index (χ1) is 7.18. The highest BCUT2D eigenvalue weighted by Gasteiger charge is 2.67. The fraction of sp³-hybridized carbons (Fsp3) is 1.00. The van der Waals surface area contributed by atoms with Crippen molar-refractivity contribution < 1.29 is 0 Å². The second-order valence-electron chi connectivity index (χ2n) is 7.41. The number of hydrogen-bond donors (Lipinski definition) is 0. The molecule has 1 saturated heterocycles. The van der Waals surface area contributed by atoms with E-state index in [0.717, 1.165) is 18.0 Å². The second kappa shape index (κ2) is 3.46. The Balaban J connectivity index is 2.18. The molecule has 0 spiro atoms. The van der Waals surface area contributed by atoms with Gasteiger partial charge in [-0.2, -0.15) is 0 Å². The summed E-state index contributed by atoms with van der Waals surface area (Å²) >= 11 is 0. The first-order valence-electron chi connectivity index (χ1n) is 6.61. The van der Waals surface area contributed by atoms with Crippen LogP contribution in [0, 0.1) is 11.3 Å². The average molecular weight is 224 g/mol. The van der Waals surface area contributed by atoms with Gasteiger partial charge in [-0.25, -0.2) is 0 Å². The van der Waals surface area contributed by atoms with Crippen molar-refractivity contribution in [3.63, 3.8) is 0 Å². The van der Waals surface area contributed by atoms with E-state index in [2.05, 4.69) is 58.5 Å². The molecule has 1 saturated carbocycles. The molecular weight excluding hydrogens is 196 g/mol. The van der Waals surface area contributed by atoms with Crippen LogP contribution in [-0.4, -0.2) is 48.1 Å². The van der Waals surface area contributed by atoms with Gasteiger partial charge < -0.3 is 4.90 Å². The first kappa shape index (κ1) is 12.4. The molecule has 4 atom stereocenters. The van der Waals surface area contributed by atoms with Gasteiger partial charge in [-0.1, -0.05) is 6.92 Å². The van der Waals surface area contributed by atoms with E-state index in [1.54, 1.807) is 0 Å². The lowest BCUT2D eigenvalue weighted by atomic mass is 9.86. The summed E-state index contributed by atoms with van der Waals surface area (Å²) < 4.78 is 0. The predicted octanol–water partition coefficient (Wildman–Crippen LogP) is 2.45. The SMILES string of the molecule is C[C@@H]1C(CN(C)C)[C@@]2(C)CC2N1C(C)(C)C. The molecule has 2 fully saturated rings. The van der Waals surface area contributed by atoms with E-state index in [1.807, 2.05) is 0 Å². The van der Waals surface area contributed by atoms with E-state index in [-0.39, 0.29) is 0 Å². The summed E-state index contributed by atoms with van der Waals surface area (Å²) in [5.41, 5.74) is 0.917. The van der Waals surface area contributed by atoms with Crippen LogP contribution < -0.4 is 0 Å². The molecule has 0 bridgehead atoms. The van der Waals surface area contributed by atoms with Gasteiger partial charge in [-0.3, -0.25) is 4.90 Å². The molecule has 2 rings (SSSR count). The number of likely N-dealkylation sites (tertiary alicyclic amines) is 1. The largest absolute Gasteiger partial charge is 0.309 e. The lowest BCUT2D eigenvalue weighted by Gasteiger charge is -2.40. The fourth-order valence-electron chi connectivity index (χ4n) is 4.03. The molecule has 0 N–H and O–H groups in total. The lowest BCUT2D eigenvalue weighted by molar-refractivity contribution is 0.0799. The summed E-state index contributed by atoms with van der Waals surface area (Å²) in [6.45, 7) is 13.2. The van der Waals surface area contributed by atoms with Crippen molar-refractivity contribution in [2.75, 3.05) is 20.6 Å². The fourth-order valence-corrected chi connectivity index (χ4v) is 4.03. The molecule has 2 nitrogen and oxygen atoms in total. The Morgan fingerprint density at radius 3 is 2.25 bits per heavy atom. The zero-order valence-corrected chi connectivity index (χ0v) is 12.0.